The van der Waals surface area contributed by atoms with E-state index < -0.39 is 5.76 Å². The first-order valence-electron chi connectivity index (χ1n) is 4.42. The van der Waals surface area contributed by atoms with E-state index in [1.165, 1.54) is 4.57 Å². The van der Waals surface area contributed by atoms with Gasteiger partial charge in [0, 0.05) is 18.0 Å². The van der Waals surface area contributed by atoms with Crippen molar-refractivity contribution in [2.24, 2.45) is 5.11 Å². The molecule has 0 aliphatic rings. The van der Waals surface area contributed by atoms with Gasteiger partial charge in [-0.25, -0.2) is 4.79 Å². The third kappa shape index (κ3) is 1.70. The van der Waals surface area contributed by atoms with Gasteiger partial charge in [0.05, 0.1) is 5.52 Å². The summed E-state index contributed by atoms with van der Waals surface area (Å²) in [6, 6.07) is 7.13. The molecule has 0 amide bonds. The second kappa shape index (κ2) is 3.89. The number of nitrogens with zero attached hydrogens (tertiary/aromatic N) is 4. The third-order valence-corrected chi connectivity index (χ3v) is 2.06. The van der Waals surface area contributed by atoms with E-state index in [4.69, 9.17) is 9.95 Å². The van der Waals surface area contributed by atoms with Gasteiger partial charge in [-0.05, 0) is 17.7 Å². The minimum Gasteiger partial charge on any atom is -0.408 e. The normalized spacial score (nSPS) is 10.1. The Hall–Kier alpha value is -2.20. The fourth-order valence-electron chi connectivity index (χ4n) is 1.42. The van der Waals surface area contributed by atoms with Crippen molar-refractivity contribution in [3.05, 3.63) is 45.3 Å². The fourth-order valence-corrected chi connectivity index (χ4v) is 1.42. The Balaban J connectivity index is 2.45. The molecule has 0 atom stereocenters. The highest BCUT2D eigenvalue weighted by molar-refractivity contribution is 5.72. The van der Waals surface area contributed by atoms with Crippen LogP contribution >= 0.6 is 0 Å². The maximum Gasteiger partial charge on any atom is 0.419 e. The number of hydrogen-bond acceptors (Lipinski definition) is 3. The number of oxazole rings is 1. The van der Waals surface area contributed by atoms with Crippen molar-refractivity contribution in [1.82, 2.24) is 4.57 Å². The van der Waals surface area contributed by atoms with Gasteiger partial charge in [0.25, 0.3) is 0 Å². The Morgan fingerprint density at radius 3 is 3.07 bits per heavy atom. The van der Waals surface area contributed by atoms with Gasteiger partial charge in [-0.2, -0.15) is 0 Å². The lowest BCUT2D eigenvalue weighted by atomic mass is 10.3. The number of aromatic nitrogens is 1. The van der Waals surface area contributed by atoms with Crippen molar-refractivity contribution >= 4 is 11.1 Å². The average molecular weight is 204 g/mol. The molecule has 0 fully saturated rings. The largest absolute Gasteiger partial charge is 0.419 e. The summed E-state index contributed by atoms with van der Waals surface area (Å²) in [4.78, 5) is 14.0. The molecule has 0 aliphatic heterocycles. The van der Waals surface area contributed by atoms with E-state index in [1.807, 2.05) is 6.07 Å². The van der Waals surface area contributed by atoms with Crippen LogP contribution in [0, 0.1) is 0 Å². The van der Waals surface area contributed by atoms with Gasteiger partial charge < -0.3 is 4.42 Å². The van der Waals surface area contributed by atoms with Gasteiger partial charge in [-0.15, -0.1) is 0 Å². The zero-order valence-corrected chi connectivity index (χ0v) is 7.83. The van der Waals surface area contributed by atoms with Gasteiger partial charge in [-0.3, -0.25) is 4.57 Å². The molecule has 1 aromatic heterocycles. The predicted octanol–water partition coefficient (Wildman–Crippen LogP) is 1.90. The summed E-state index contributed by atoms with van der Waals surface area (Å²) in [6.45, 7) is 0.569. The van der Waals surface area contributed by atoms with Crippen LogP contribution in [0.1, 0.15) is 0 Å². The molecule has 0 bridgehead atoms. The molecule has 0 unspecified atom stereocenters. The Labute approximate surface area is 84.4 Å². The maximum atomic E-state index is 11.4. The van der Waals surface area contributed by atoms with Crippen LogP contribution in [0.4, 0.5) is 0 Å². The first kappa shape index (κ1) is 9.36. The molecule has 0 saturated carbocycles. The SMILES string of the molecule is [N-]=[N+]=NCCn1c(=O)oc2ccccc21. The Bertz CT molecular complexity index is 577. The third-order valence-electron chi connectivity index (χ3n) is 2.06. The molecule has 1 aromatic carbocycles. The van der Waals surface area contributed by atoms with Crippen molar-refractivity contribution in [3.8, 4) is 0 Å². The number of para-hydroxylation sites is 2. The van der Waals surface area contributed by atoms with Crippen molar-refractivity contribution in [1.29, 1.82) is 0 Å². The van der Waals surface area contributed by atoms with Crippen LogP contribution in [-0.4, -0.2) is 11.1 Å². The summed E-state index contributed by atoms with van der Waals surface area (Å²) < 4.78 is 6.45. The second-order valence-corrected chi connectivity index (χ2v) is 2.94. The van der Waals surface area contributed by atoms with Crippen molar-refractivity contribution in [3.63, 3.8) is 0 Å². The second-order valence-electron chi connectivity index (χ2n) is 2.94. The molecule has 2 aromatic rings. The molecule has 0 aliphatic carbocycles. The van der Waals surface area contributed by atoms with Gasteiger partial charge in [0.15, 0.2) is 5.58 Å². The van der Waals surface area contributed by atoms with Crippen LogP contribution in [-0.2, 0) is 6.54 Å². The molecule has 2 rings (SSSR count). The van der Waals surface area contributed by atoms with Crippen molar-refractivity contribution in [2.45, 2.75) is 6.54 Å². The van der Waals surface area contributed by atoms with E-state index in [0.717, 1.165) is 5.52 Å². The summed E-state index contributed by atoms with van der Waals surface area (Å²) in [7, 11) is 0. The van der Waals surface area contributed by atoms with E-state index in [1.54, 1.807) is 18.2 Å². The summed E-state index contributed by atoms with van der Waals surface area (Å²) in [5.41, 5.74) is 9.39. The van der Waals surface area contributed by atoms with Gasteiger partial charge in [0.1, 0.15) is 0 Å². The smallest absolute Gasteiger partial charge is 0.408 e. The van der Waals surface area contributed by atoms with Gasteiger partial charge in [0.2, 0.25) is 0 Å². The predicted molar refractivity (Wildman–Crippen MR) is 54.5 cm³/mol. The Morgan fingerprint density at radius 2 is 2.27 bits per heavy atom. The lowest BCUT2D eigenvalue weighted by Gasteiger charge is -1.96. The molecule has 0 spiro atoms. The van der Waals surface area contributed by atoms with E-state index in [9.17, 15) is 4.79 Å². The summed E-state index contributed by atoms with van der Waals surface area (Å²) in [5, 5.41) is 3.37. The number of azide groups is 1. The van der Waals surface area contributed by atoms with Gasteiger partial charge >= 0.3 is 5.76 Å². The first-order valence-corrected chi connectivity index (χ1v) is 4.42. The Morgan fingerprint density at radius 1 is 1.47 bits per heavy atom. The number of fused-ring (bicyclic) bond motifs is 1. The molecule has 6 nitrogen and oxygen atoms in total. The van der Waals surface area contributed by atoms with Crippen LogP contribution in [0.3, 0.4) is 0 Å². The fraction of sp³-hybridized carbons (Fsp3) is 0.222. The Kier molecular flexibility index (Phi) is 2.43. The average Bonchev–Trinajstić information content (AvgIpc) is 2.56. The van der Waals surface area contributed by atoms with E-state index in [0.29, 0.717) is 12.1 Å². The molecular formula is C9H8N4O2. The maximum absolute atomic E-state index is 11.4. The zero-order chi connectivity index (χ0) is 10.7. The summed E-state index contributed by atoms with van der Waals surface area (Å²) >= 11 is 0. The van der Waals surface area contributed by atoms with Crippen LogP contribution in [0.25, 0.3) is 21.5 Å². The molecule has 6 heteroatoms. The highest BCUT2D eigenvalue weighted by atomic mass is 16.4. The van der Waals surface area contributed by atoms with E-state index in [-0.39, 0.29) is 6.54 Å². The molecule has 1 heterocycles. The van der Waals surface area contributed by atoms with E-state index in [2.05, 4.69) is 10.0 Å². The molecular weight excluding hydrogens is 196 g/mol. The highest BCUT2D eigenvalue weighted by Gasteiger charge is 2.06. The first-order chi connectivity index (χ1) is 7.33. The van der Waals surface area contributed by atoms with Gasteiger partial charge in [-0.1, -0.05) is 17.2 Å². The van der Waals surface area contributed by atoms with Crippen molar-refractivity contribution in [2.75, 3.05) is 6.54 Å². The summed E-state index contributed by atoms with van der Waals surface area (Å²) in [5.74, 6) is -0.427. The number of rotatable bonds is 3. The zero-order valence-electron chi connectivity index (χ0n) is 7.83. The minimum absolute atomic E-state index is 0.236. The molecule has 76 valence electrons. The van der Waals surface area contributed by atoms with Crippen LogP contribution < -0.4 is 5.76 Å². The number of benzene rings is 1. The van der Waals surface area contributed by atoms with Crippen LogP contribution in [0.2, 0.25) is 0 Å². The number of hydrogen-bond donors (Lipinski definition) is 0. The quantitative estimate of drug-likeness (QED) is 0.434. The molecule has 0 radical (unpaired) electrons. The topological polar surface area (TPSA) is 83.9 Å². The van der Waals surface area contributed by atoms with Crippen molar-refractivity contribution < 1.29 is 4.42 Å². The van der Waals surface area contributed by atoms with E-state index >= 15 is 0 Å². The summed E-state index contributed by atoms with van der Waals surface area (Å²) in [6.07, 6.45) is 0. The molecule has 0 N–H and O–H groups in total. The highest BCUT2D eigenvalue weighted by Crippen LogP contribution is 2.11. The molecule has 15 heavy (non-hydrogen) atoms. The minimum atomic E-state index is -0.427. The lowest BCUT2D eigenvalue weighted by molar-refractivity contribution is 0.507. The lowest BCUT2D eigenvalue weighted by Crippen LogP contribution is -2.15. The standard InChI is InChI=1S/C9H8N4O2/c10-12-11-5-6-13-7-3-1-2-4-8(7)15-9(13)14/h1-4H,5-6H2. The monoisotopic (exact) mass is 204 g/mol. The van der Waals surface area contributed by atoms with Crippen LogP contribution in [0.5, 0.6) is 0 Å². The molecule has 0 saturated heterocycles. The van der Waals surface area contributed by atoms with Crippen LogP contribution in [0.15, 0.2) is 38.6 Å².